The van der Waals surface area contributed by atoms with Crippen molar-refractivity contribution in [3.8, 4) is 55.5 Å². The molecule has 0 bridgehead atoms. The molecule has 0 aliphatic carbocycles. The van der Waals surface area contributed by atoms with Crippen LogP contribution in [0.25, 0.3) is 109 Å². The number of fused-ring (bicyclic) bond motifs is 6. The summed E-state index contributed by atoms with van der Waals surface area (Å²) in [4.78, 5) is 11.4. The Morgan fingerprint density at radius 2 is 0.909 bits per heavy atom. The van der Waals surface area contributed by atoms with Gasteiger partial charge in [0.15, 0.2) is 5.82 Å². The van der Waals surface area contributed by atoms with Crippen molar-refractivity contribution < 1.29 is 0 Å². The molecule has 11 aromatic rings. The summed E-state index contributed by atoms with van der Waals surface area (Å²) in [6.07, 6.45) is 0. The number of hydrogen-bond donors (Lipinski definition) is 0. The quantitative estimate of drug-likeness (QED) is 0.131. The summed E-state index contributed by atoms with van der Waals surface area (Å²) in [6.45, 7) is 0. The van der Waals surface area contributed by atoms with Crippen molar-refractivity contribution in [3.63, 3.8) is 0 Å². The Bertz CT molecular complexity index is 3220. The van der Waals surface area contributed by atoms with Crippen LogP contribution in [-0.2, 0) is 0 Å². The van der Waals surface area contributed by atoms with Gasteiger partial charge in [-0.1, -0.05) is 164 Å². The molecule has 0 saturated carbocycles. The van der Waals surface area contributed by atoms with Gasteiger partial charge in [-0.2, -0.15) is 0 Å². The van der Waals surface area contributed by atoms with Crippen LogP contribution in [0.5, 0.6) is 0 Å². The maximum atomic E-state index is 5.15. The highest BCUT2D eigenvalue weighted by atomic mass is 32.1. The highest BCUT2D eigenvalue weighted by Crippen LogP contribution is 2.46. The van der Waals surface area contributed by atoms with Crippen LogP contribution >= 0.6 is 11.3 Å². The lowest BCUT2D eigenvalue weighted by molar-refractivity contribution is 1.19. The Kier molecular flexibility index (Phi) is 7.39. The second kappa shape index (κ2) is 12.9. The zero-order valence-corrected chi connectivity index (χ0v) is 30.6. The molecule has 0 amide bonds. The van der Waals surface area contributed by atoms with Crippen molar-refractivity contribution >= 4 is 64.5 Å². The summed E-state index contributed by atoms with van der Waals surface area (Å²) in [5.74, 6) is 0.728. The Balaban J connectivity index is 1.10. The first-order valence-electron chi connectivity index (χ1n) is 18.6. The molecule has 0 unspecified atom stereocenters. The second-order valence-corrected chi connectivity index (χ2v) is 15.2. The molecule has 2 nitrogen and oxygen atoms in total. The Labute approximate surface area is 322 Å². The van der Waals surface area contributed by atoms with E-state index in [0.717, 1.165) is 33.2 Å². The van der Waals surface area contributed by atoms with Crippen LogP contribution in [0.1, 0.15) is 0 Å². The van der Waals surface area contributed by atoms with Crippen molar-refractivity contribution in [2.75, 3.05) is 0 Å². The largest absolute Gasteiger partial charge is 0.228 e. The molecule has 0 N–H and O–H groups in total. The minimum Gasteiger partial charge on any atom is -0.228 e. The molecule has 0 aliphatic rings. The summed E-state index contributed by atoms with van der Waals surface area (Å²) in [7, 11) is 0. The number of nitrogens with zero attached hydrogens (tertiary/aromatic N) is 2. The third kappa shape index (κ3) is 5.40. The van der Waals surface area contributed by atoms with Crippen LogP contribution in [0.4, 0.5) is 0 Å². The lowest BCUT2D eigenvalue weighted by atomic mass is 9.83. The maximum absolute atomic E-state index is 5.15. The van der Waals surface area contributed by atoms with Gasteiger partial charge < -0.3 is 0 Å². The van der Waals surface area contributed by atoms with Gasteiger partial charge in [0.2, 0.25) is 0 Å². The fraction of sp³-hybridized carbons (Fsp3) is 0. The molecule has 0 aliphatic heterocycles. The lowest BCUT2D eigenvalue weighted by Gasteiger charge is -2.19. The van der Waals surface area contributed by atoms with Crippen LogP contribution in [0.3, 0.4) is 0 Å². The highest BCUT2D eigenvalue weighted by Gasteiger charge is 2.19. The lowest BCUT2D eigenvalue weighted by Crippen LogP contribution is -1.95. The molecule has 11 rings (SSSR count). The van der Waals surface area contributed by atoms with Gasteiger partial charge in [-0.05, 0) is 101 Å². The first kappa shape index (κ1) is 31.6. The SMILES string of the molecule is c1ccc(-c2nc(-c3ccc4cc(-c5c6ccccc6c(-c6ccccc6)c6ccc7ccccc7c56)ccc4c3)cc(-c3cc4ccccc4s3)n2)cc1. The van der Waals surface area contributed by atoms with E-state index in [4.69, 9.17) is 9.97 Å². The molecular weight excluding hydrogens is 685 g/mol. The Morgan fingerprint density at radius 1 is 0.327 bits per heavy atom. The van der Waals surface area contributed by atoms with Gasteiger partial charge in [0.05, 0.1) is 16.3 Å². The van der Waals surface area contributed by atoms with Crippen LogP contribution in [0.15, 0.2) is 194 Å². The average Bonchev–Trinajstić information content (AvgIpc) is 3.70. The van der Waals surface area contributed by atoms with Gasteiger partial charge in [0.1, 0.15) is 0 Å². The fourth-order valence-electron chi connectivity index (χ4n) is 8.27. The molecule has 0 saturated heterocycles. The predicted molar refractivity (Wildman–Crippen MR) is 235 cm³/mol. The highest BCUT2D eigenvalue weighted by molar-refractivity contribution is 7.22. The maximum Gasteiger partial charge on any atom is 0.160 e. The standard InChI is InChI=1S/C52H32N2S/c1-3-14-34(15-4-1)49-42-20-10-11-21-43(42)50(51-41-19-9-7-13-33(41)27-28-44(49)51)40-26-24-36-29-38(25-23-37(36)30-40)45-32-46(48-31-39-18-8-12-22-47(39)55-48)54-52(53-45)35-16-5-2-6-17-35/h1-32H. The van der Waals surface area contributed by atoms with Gasteiger partial charge in [-0.3, -0.25) is 0 Å². The van der Waals surface area contributed by atoms with E-state index in [2.05, 4.69) is 176 Å². The van der Waals surface area contributed by atoms with E-state index in [1.54, 1.807) is 11.3 Å². The van der Waals surface area contributed by atoms with E-state index >= 15 is 0 Å². The summed E-state index contributed by atoms with van der Waals surface area (Å²) in [5.41, 5.74) is 8.90. The van der Waals surface area contributed by atoms with E-state index in [0.29, 0.717) is 0 Å². The first-order chi connectivity index (χ1) is 27.2. The van der Waals surface area contributed by atoms with E-state index in [1.807, 2.05) is 18.2 Å². The van der Waals surface area contributed by atoms with E-state index < -0.39 is 0 Å². The summed E-state index contributed by atoms with van der Waals surface area (Å²) in [5, 5.41) is 11.2. The fourth-order valence-corrected chi connectivity index (χ4v) is 9.29. The minimum atomic E-state index is 0.728. The predicted octanol–water partition coefficient (Wildman–Crippen LogP) is 14.6. The van der Waals surface area contributed by atoms with Crippen LogP contribution < -0.4 is 0 Å². The number of benzene rings is 9. The van der Waals surface area contributed by atoms with Gasteiger partial charge in [0, 0.05) is 15.8 Å². The Morgan fingerprint density at radius 3 is 1.67 bits per heavy atom. The van der Waals surface area contributed by atoms with Crippen molar-refractivity contribution in [1.29, 1.82) is 0 Å². The zero-order chi connectivity index (χ0) is 36.3. The van der Waals surface area contributed by atoms with Crippen molar-refractivity contribution in [2.24, 2.45) is 0 Å². The molecule has 9 aromatic carbocycles. The molecule has 55 heavy (non-hydrogen) atoms. The Hall–Kier alpha value is -6.94. The molecule has 2 aromatic heterocycles. The molecule has 0 spiro atoms. The summed E-state index contributed by atoms with van der Waals surface area (Å²) >= 11 is 1.77. The first-order valence-corrected chi connectivity index (χ1v) is 19.5. The molecular formula is C52H32N2S. The second-order valence-electron chi connectivity index (χ2n) is 14.1. The zero-order valence-electron chi connectivity index (χ0n) is 29.8. The molecule has 3 heteroatoms. The summed E-state index contributed by atoms with van der Waals surface area (Å²) in [6, 6.07) is 70.0. The number of thiophene rings is 1. The number of hydrogen-bond acceptors (Lipinski definition) is 3. The van der Waals surface area contributed by atoms with Gasteiger partial charge in [-0.25, -0.2) is 9.97 Å². The third-order valence-corrected chi connectivity index (χ3v) is 12.0. The molecule has 0 radical (unpaired) electrons. The van der Waals surface area contributed by atoms with Crippen LogP contribution in [0.2, 0.25) is 0 Å². The molecule has 2 heterocycles. The van der Waals surface area contributed by atoms with Gasteiger partial charge in [-0.15, -0.1) is 11.3 Å². The number of rotatable bonds is 5. The van der Waals surface area contributed by atoms with Crippen molar-refractivity contribution in [1.82, 2.24) is 9.97 Å². The number of aromatic nitrogens is 2. The van der Waals surface area contributed by atoms with Crippen molar-refractivity contribution in [3.05, 3.63) is 194 Å². The van der Waals surface area contributed by atoms with Crippen molar-refractivity contribution in [2.45, 2.75) is 0 Å². The topological polar surface area (TPSA) is 25.8 Å². The third-order valence-electron chi connectivity index (χ3n) is 10.8. The van der Waals surface area contributed by atoms with E-state index in [9.17, 15) is 0 Å². The monoisotopic (exact) mass is 716 g/mol. The van der Waals surface area contributed by atoms with E-state index in [1.165, 1.54) is 75.4 Å². The normalized spacial score (nSPS) is 11.6. The summed E-state index contributed by atoms with van der Waals surface area (Å²) < 4.78 is 1.25. The van der Waals surface area contributed by atoms with Crippen LogP contribution in [-0.4, -0.2) is 9.97 Å². The van der Waals surface area contributed by atoms with Gasteiger partial charge in [0.25, 0.3) is 0 Å². The minimum absolute atomic E-state index is 0.728. The smallest absolute Gasteiger partial charge is 0.160 e. The average molecular weight is 717 g/mol. The molecule has 0 atom stereocenters. The van der Waals surface area contributed by atoms with Crippen LogP contribution in [0, 0.1) is 0 Å². The molecule has 256 valence electrons. The van der Waals surface area contributed by atoms with Gasteiger partial charge >= 0.3 is 0 Å². The molecule has 0 fully saturated rings. The van der Waals surface area contributed by atoms with E-state index in [-0.39, 0.29) is 0 Å².